The van der Waals surface area contributed by atoms with Crippen LogP contribution in [0.25, 0.3) is 12.0 Å². The highest BCUT2D eigenvalue weighted by atomic mass is 32.2. The van der Waals surface area contributed by atoms with Gasteiger partial charge in [0.05, 0.1) is 16.8 Å². The summed E-state index contributed by atoms with van der Waals surface area (Å²) >= 11 is 0. The van der Waals surface area contributed by atoms with Crippen molar-refractivity contribution in [2.24, 2.45) is 0 Å². The zero-order valence-corrected chi connectivity index (χ0v) is 14.7. The Morgan fingerprint density at radius 1 is 1.04 bits per heavy atom. The van der Waals surface area contributed by atoms with Crippen LogP contribution in [0.4, 0.5) is 18.9 Å². The van der Waals surface area contributed by atoms with E-state index in [1.54, 1.807) is 24.3 Å². The number of fused-ring (bicyclic) bond motifs is 2. The highest BCUT2D eigenvalue weighted by Gasteiger charge is 2.46. The van der Waals surface area contributed by atoms with Crippen molar-refractivity contribution < 1.29 is 26.3 Å². The van der Waals surface area contributed by atoms with Gasteiger partial charge in [0.1, 0.15) is 5.70 Å². The van der Waals surface area contributed by atoms with E-state index in [4.69, 9.17) is 4.74 Å². The third-order valence-corrected chi connectivity index (χ3v) is 5.34. The Bertz CT molecular complexity index is 1180. The zero-order chi connectivity index (χ0) is 19.4. The van der Waals surface area contributed by atoms with Gasteiger partial charge in [0, 0.05) is 16.7 Å². The molecule has 0 atom stereocenters. The van der Waals surface area contributed by atoms with Crippen LogP contribution in [0.1, 0.15) is 0 Å². The van der Waals surface area contributed by atoms with Gasteiger partial charge in [0.25, 0.3) is 0 Å². The largest absolute Gasteiger partial charge is 0.460 e. The van der Waals surface area contributed by atoms with Gasteiger partial charge < -0.3 is 4.74 Å². The van der Waals surface area contributed by atoms with Crippen LogP contribution in [0.5, 0.6) is 0 Å². The van der Waals surface area contributed by atoms with Crippen LogP contribution in [0, 0.1) is 0 Å². The molecule has 2 aliphatic heterocycles. The molecule has 5 nitrogen and oxygen atoms in total. The van der Waals surface area contributed by atoms with Crippen molar-refractivity contribution in [3.05, 3.63) is 70.4 Å². The summed E-state index contributed by atoms with van der Waals surface area (Å²) in [5.74, 6) is -0.326. The van der Waals surface area contributed by atoms with E-state index in [1.807, 2.05) is 0 Å². The SMILES string of the molecule is CS(=O)(=O)c1ccc(N2NC(C(F)(F)F)=C3OC=c4ccccc4=C32)cc1. The van der Waals surface area contributed by atoms with Gasteiger partial charge in [-0.2, -0.15) is 13.2 Å². The van der Waals surface area contributed by atoms with Crippen LogP contribution < -0.4 is 20.9 Å². The lowest BCUT2D eigenvalue weighted by Gasteiger charge is -2.23. The molecule has 0 aliphatic carbocycles. The monoisotopic (exact) mass is 394 g/mol. The number of benzene rings is 2. The average Bonchev–Trinajstić information content (AvgIpc) is 3.01. The maximum Gasteiger partial charge on any atom is 0.436 e. The number of nitrogens with one attached hydrogen (secondary N) is 1. The number of hydrazine groups is 1. The molecule has 140 valence electrons. The van der Waals surface area contributed by atoms with Gasteiger partial charge in [0.15, 0.2) is 21.3 Å². The zero-order valence-electron chi connectivity index (χ0n) is 13.9. The van der Waals surface area contributed by atoms with Crippen molar-refractivity contribution in [3.8, 4) is 0 Å². The fraction of sp³-hybridized carbons (Fsp3) is 0.111. The molecule has 2 heterocycles. The summed E-state index contributed by atoms with van der Waals surface area (Å²) in [4.78, 5) is 0.0771. The van der Waals surface area contributed by atoms with Crippen LogP contribution in [0.15, 0.2) is 64.9 Å². The van der Waals surface area contributed by atoms with E-state index in [1.165, 1.54) is 35.5 Å². The fourth-order valence-electron chi connectivity index (χ4n) is 2.96. The topological polar surface area (TPSA) is 58.6 Å². The Labute approximate surface area is 152 Å². The second-order valence-electron chi connectivity index (χ2n) is 6.09. The minimum absolute atomic E-state index is 0.0771. The summed E-state index contributed by atoms with van der Waals surface area (Å²) in [5.41, 5.74) is 1.88. The number of rotatable bonds is 2. The first-order chi connectivity index (χ1) is 12.7. The van der Waals surface area contributed by atoms with Gasteiger partial charge in [-0.25, -0.2) is 8.42 Å². The second-order valence-corrected chi connectivity index (χ2v) is 8.10. The Hall–Kier alpha value is -2.94. The third kappa shape index (κ3) is 2.93. The summed E-state index contributed by atoms with van der Waals surface area (Å²) in [6.45, 7) is 0. The number of halogens is 3. The number of nitrogens with zero attached hydrogens (tertiary/aromatic N) is 1. The van der Waals surface area contributed by atoms with Crippen molar-refractivity contribution >= 4 is 27.5 Å². The quantitative estimate of drug-likeness (QED) is 0.842. The summed E-state index contributed by atoms with van der Waals surface area (Å²) in [6, 6.07) is 12.5. The minimum atomic E-state index is -4.65. The molecule has 2 aliphatic rings. The van der Waals surface area contributed by atoms with Gasteiger partial charge in [-0.3, -0.25) is 10.4 Å². The number of hydrogen-bond donors (Lipinski definition) is 1. The fourth-order valence-corrected chi connectivity index (χ4v) is 3.59. The Kier molecular flexibility index (Phi) is 3.74. The Morgan fingerprint density at radius 3 is 2.33 bits per heavy atom. The second kappa shape index (κ2) is 5.78. The average molecular weight is 394 g/mol. The predicted molar refractivity (Wildman–Crippen MR) is 92.9 cm³/mol. The molecule has 0 amide bonds. The van der Waals surface area contributed by atoms with Crippen molar-refractivity contribution in [2.45, 2.75) is 11.1 Å². The van der Waals surface area contributed by atoms with E-state index < -0.39 is 21.7 Å². The summed E-state index contributed by atoms with van der Waals surface area (Å²) < 4.78 is 69.0. The van der Waals surface area contributed by atoms with Crippen LogP contribution in [0.2, 0.25) is 0 Å². The lowest BCUT2D eigenvalue weighted by Crippen LogP contribution is -2.39. The molecule has 1 N–H and O–H groups in total. The van der Waals surface area contributed by atoms with Crippen LogP contribution >= 0.6 is 0 Å². The number of sulfone groups is 1. The number of alkyl halides is 3. The van der Waals surface area contributed by atoms with Gasteiger partial charge >= 0.3 is 6.18 Å². The molecular weight excluding hydrogens is 381 g/mol. The molecule has 9 heteroatoms. The number of anilines is 1. The first-order valence-electron chi connectivity index (χ1n) is 7.81. The molecule has 0 radical (unpaired) electrons. The van der Waals surface area contributed by atoms with E-state index >= 15 is 0 Å². The molecule has 0 bridgehead atoms. The molecule has 2 aromatic carbocycles. The predicted octanol–water partition coefficient (Wildman–Crippen LogP) is 1.77. The van der Waals surface area contributed by atoms with E-state index in [0.29, 0.717) is 16.1 Å². The lowest BCUT2D eigenvalue weighted by atomic mass is 10.1. The molecule has 2 aromatic rings. The third-order valence-electron chi connectivity index (χ3n) is 4.22. The first-order valence-corrected chi connectivity index (χ1v) is 9.70. The van der Waals surface area contributed by atoms with Gasteiger partial charge in [0.2, 0.25) is 0 Å². The molecule has 0 saturated carbocycles. The smallest absolute Gasteiger partial charge is 0.436 e. The summed E-state index contributed by atoms with van der Waals surface area (Å²) in [6.07, 6.45) is -2.31. The Morgan fingerprint density at radius 2 is 1.70 bits per heavy atom. The maximum atomic E-state index is 13.5. The molecule has 0 aromatic heterocycles. The lowest BCUT2D eigenvalue weighted by molar-refractivity contribution is -0.0979. The Balaban J connectivity index is 1.92. The van der Waals surface area contributed by atoms with Crippen LogP contribution in [0.3, 0.4) is 0 Å². The first kappa shape index (κ1) is 17.5. The highest BCUT2D eigenvalue weighted by Crippen LogP contribution is 2.39. The van der Waals surface area contributed by atoms with Gasteiger partial charge in [-0.05, 0) is 24.3 Å². The number of hydrogen-bond acceptors (Lipinski definition) is 5. The van der Waals surface area contributed by atoms with E-state index in [0.717, 1.165) is 6.26 Å². The van der Waals surface area contributed by atoms with Crippen molar-refractivity contribution in [1.82, 2.24) is 5.43 Å². The molecule has 0 unspecified atom stereocenters. The number of ether oxygens (including phenoxy) is 1. The van der Waals surface area contributed by atoms with Crippen molar-refractivity contribution in [2.75, 3.05) is 11.3 Å². The van der Waals surface area contributed by atoms with Gasteiger partial charge in [-0.15, -0.1) is 0 Å². The van der Waals surface area contributed by atoms with E-state index in [9.17, 15) is 21.6 Å². The molecule has 0 spiro atoms. The molecule has 4 rings (SSSR count). The van der Waals surface area contributed by atoms with E-state index in [-0.39, 0.29) is 16.4 Å². The van der Waals surface area contributed by atoms with Crippen LogP contribution in [-0.2, 0) is 14.6 Å². The van der Waals surface area contributed by atoms with Crippen LogP contribution in [-0.4, -0.2) is 20.8 Å². The normalized spacial score (nSPS) is 16.3. The van der Waals surface area contributed by atoms with Crippen molar-refractivity contribution in [3.63, 3.8) is 0 Å². The molecule has 0 saturated heterocycles. The molecule has 0 fully saturated rings. The summed E-state index contributed by atoms with van der Waals surface area (Å²) in [5, 5.41) is 2.45. The standard InChI is InChI=1S/C18H13F3N2O3S/c1-27(24,25)13-8-6-12(7-9-13)23-15-14-5-3-2-4-11(14)10-26-16(15)17(22-23)18(19,20)21/h2-10,22H,1H3. The summed E-state index contributed by atoms with van der Waals surface area (Å²) in [7, 11) is -3.41. The highest BCUT2D eigenvalue weighted by molar-refractivity contribution is 7.90. The van der Waals surface area contributed by atoms with Gasteiger partial charge in [-0.1, -0.05) is 24.3 Å². The minimum Gasteiger partial charge on any atom is -0.460 e. The van der Waals surface area contributed by atoms with Crippen molar-refractivity contribution in [1.29, 1.82) is 0 Å². The molecular formula is C18H13F3N2O3S. The number of allylic oxidation sites excluding steroid dienone is 1. The molecule has 27 heavy (non-hydrogen) atoms. The van der Waals surface area contributed by atoms with E-state index in [2.05, 4.69) is 5.43 Å². The maximum absolute atomic E-state index is 13.5.